The SMILES string of the molecule is c1cncc(-c2ccc(-c3ccc4ccc5c(-c6ccc7ncccc7c6)ccc6ccc3c4c65)cc2)c1. The second-order valence-corrected chi connectivity index (χ2v) is 9.88. The molecule has 0 aliphatic rings. The van der Waals surface area contributed by atoms with Crippen LogP contribution in [0.5, 0.6) is 0 Å². The molecular formula is C36H22N2. The first-order chi connectivity index (χ1) is 18.8. The smallest absolute Gasteiger partial charge is 0.0702 e. The lowest BCUT2D eigenvalue weighted by Crippen LogP contribution is -1.90. The van der Waals surface area contributed by atoms with Crippen molar-refractivity contribution in [1.82, 2.24) is 9.97 Å². The molecule has 38 heavy (non-hydrogen) atoms. The van der Waals surface area contributed by atoms with Gasteiger partial charge in [0.15, 0.2) is 0 Å². The predicted octanol–water partition coefficient (Wildman–Crippen LogP) is 9.53. The van der Waals surface area contributed by atoms with Gasteiger partial charge in [0.1, 0.15) is 0 Å². The van der Waals surface area contributed by atoms with Crippen molar-refractivity contribution in [3.8, 4) is 33.4 Å². The Morgan fingerprint density at radius 2 is 1.05 bits per heavy atom. The van der Waals surface area contributed by atoms with Crippen molar-refractivity contribution in [1.29, 1.82) is 0 Å². The maximum Gasteiger partial charge on any atom is 0.0702 e. The van der Waals surface area contributed by atoms with Crippen LogP contribution in [0.1, 0.15) is 0 Å². The maximum atomic E-state index is 4.50. The molecule has 0 N–H and O–H groups in total. The number of aromatic nitrogens is 2. The molecule has 0 aliphatic carbocycles. The minimum atomic E-state index is 1.02. The molecule has 0 unspecified atom stereocenters. The number of benzene rings is 6. The molecule has 0 aliphatic heterocycles. The van der Waals surface area contributed by atoms with E-state index in [9.17, 15) is 0 Å². The first kappa shape index (κ1) is 21.0. The van der Waals surface area contributed by atoms with Crippen molar-refractivity contribution < 1.29 is 0 Å². The standard InChI is InChI=1S/C36H22N2/c1-4-29(22-37-19-1)23-5-7-24(8-6-23)30-14-9-25-12-17-33-31(15-10-26-11-16-32(30)35(25)36(26)33)27-13-18-34-28(21-27)3-2-20-38-34/h1-22H. The average molecular weight is 483 g/mol. The van der Waals surface area contributed by atoms with Crippen LogP contribution in [0.25, 0.3) is 76.6 Å². The number of hydrogen-bond donors (Lipinski definition) is 0. The second kappa shape index (κ2) is 8.22. The van der Waals surface area contributed by atoms with Crippen LogP contribution in [0.3, 0.4) is 0 Å². The van der Waals surface area contributed by atoms with E-state index in [0.29, 0.717) is 0 Å². The Labute approximate surface area is 220 Å². The third-order valence-corrected chi connectivity index (χ3v) is 7.77. The van der Waals surface area contributed by atoms with Crippen molar-refractivity contribution in [3.63, 3.8) is 0 Å². The van der Waals surface area contributed by atoms with E-state index in [1.165, 1.54) is 60.1 Å². The summed E-state index contributed by atoms with van der Waals surface area (Å²) >= 11 is 0. The van der Waals surface area contributed by atoms with Gasteiger partial charge in [-0.25, -0.2) is 0 Å². The molecule has 2 heterocycles. The highest BCUT2D eigenvalue weighted by atomic mass is 14.6. The molecule has 176 valence electrons. The lowest BCUT2D eigenvalue weighted by atomic mass is 9.87. The zero-order valence-electron chi connectivity index (χ0n) is 20.6. The van der Waals surface area contributed by atoms with Gasteiger partial charge in [0, 0.05) is 24.0 Å². The van der Waals surface area contributed by atoms with Gasteiger partial charge in [-0.05, 0) is 90.0 Å². The Kier molecular flexibility index (Phi) is 4.55. The number of pyridine rings is 2. The molecule has 0 saturated heterocycles. The lowest BCUT2D eigenvalue weighted by Gasteiger charge is -2.17. The fourth-order valence-electron chi connectivity index (χ4n) is 5.92. The van der Waals surface area contributed by atoms with E-state index in [1.807, 2.05) is 30.7 Å². The molecule has 0 fully saturated rings. The van der Waals surface area contributed by atoms with Crippen molar-refractivity contribution >= 4 is 43.2 Å². The molecule has 2 aromatic heterocycles. The molecule has 2 heteroatoms. The van der Waals surface area contributed by atoms with Crippen molar-refractivity contribution in [3.05, 3.63) is 134 Å². The van der Waals surface area contributed by atoms with E-state index < -0.39 is 0 Å². The third kappa shape index (κ3) is 3.21. The molecule has 8 rings (SSSR count). The second-order valence-electron chi connectivity index (χ2n) is 9.88. The molecular weight excluding hydrogens is 460 g/mol. The zero-order chi connectivity index (χ0) is 25.1. The Morgan fingerprint density at radius 1 is 0.421 bits per heavy atom. The van der Waals surface area contributed by atoms with Gasteiger partial charge < -0.3 is 0 Å². The van der Waals surface area contributed by atoms with E-state index in [4.69, 9.17) is 0 Å². The van der Waals surface area contributed by atoms with Gasteiger partial charge in [0.25, 0.3) is 0 Å². The van der Waals surface area contributed by atoms with E-state index in [1.54, 1.807) is 0 Å². The van der Waals surface area contributed by atoms with Crippen molar-refractivity contribution in [2.24, 2.45) is 0 Å². The number of hydrogen-bond acceptors (Lipinski definition) is 2. The minimum absolute atomic E-state index is 1.02. The van der Waals surface area contributed by atoms with Crippen molar-refractivity contribution in [2.75, 3.05) is 0 Å². The van der Waals surface area contributed by atoms with Gasteiger partial charge in [-0.15, -0.1) is 0 Å². The fraction of sp³-hybridized carbons (Fsp3) is 0. The summed E-state index contributed by atoms with van der Waals surface area (Å²) in [7, 11) is 0. The van der Waals surface area contributed by atoms with Crippen LogP contribution in [0.2, 0.25) is 0 Å². The van der Waals surface area contributed by atoms with Crippen molar-refractivity contribution in [2.45, 2.75) is 0 Å². The summed E-state index contributed by atoms with van der Waals surface area (Å²) in [4.78, 5) is 8.77. The topological polar surface area (TPSA) is 25.8 Å². The van der Waals surface area contributed by atoms with E-state index in [0.717, 1.165) is 16.5 Å². The van der Waals surface area contributed by atoms with Crippen LogP contribution in [0.15, 0.2) is 134 Å². The van der Waals surface area contributed by atoms with E-state index in [2.05, 4.69) is 113 Å². The Bertz CT molecular complexity index is 2110. The predicted molar refractivity (Wildman–Crippen MR) is 160 cm³/mol. The molecule has 0 amide bonds. The van der Waals surface area contributed by atoms with Gasteiger partial charge in [0.2, 0.25) is 0 Å². The highest BCUT2D eigenvalue weighted by Gasteiger charge is 2.15. The summed E-state index contributed by atoms with van der Waals surface area (Å²) < 4.78 is 0. The zero-order valence-corrected chi connectivity index (χ0v) is 20.6. The maximum absolute atomic E-state index is 4.50. The normalized spacial score (nSPS) is 11.7. The first-order valence-corrected chi connectivity index (χ1v) is 12.9. The van der Waals surface area contributed by atoms with Gasteiger partial charge in [-0.3, -0.25) is 9.97 Å². The minimum Gasteiger partial charge on any atom is -0.264 e. The third-order valence-electron chi connectivity index (χ3n) is 7.77. The van der Waals surface area contributed by atoms with E-state index >= 15 is 0 Å². The first-order valence-electron chi connectivity index (χ1n) is 12.9. The molecule has 0 saturated carbocycles. The summed E-state index contributed by atoms with van der Waals surface area (Å²) in [6.07, 6.45) is 5.57. The van der Waals surface area contributed by atoms with Crippen LogP contribution in [-0.4, -0.2) is 9.97 Å². The monoisotopic (exact) mass is 482 g/mol. The Balaban J connectivity index is 1.33. The highest BCUT2D eigenvalue weighted by Crippen LogP contribution is 2.42. The summed E-state index contributed by atoms with van der Waals surface area (Å²) in [5, 5.41) is 8.94. The number of nitrogens with zero attached hydrogens (tertiary/aromatic N) is 2. The summed E-state index contributed by atoms with van der Waals surface area (Å²) in [5.74, 6) is 0. The molecule has 8 aromatic rings. The summed E-state index contributed by atoms with van der Waals surface area (Å²) in [5.41, 5.74) is 8.28. The van der Waals surface area contributed by atoms with Crippen LogP contribution in [-0.2, 0) is 0 Å². The van der Waals surface area contributed by atoms with Gasteiger partial charge >= 0.3 is 0 Å². The quantitative estimate of drug-likeness (QED) is 0.234. The summed E-state index contributed by atoms with van der Waals surface area (Å²) in [6, 6.07) is 41.8. The van der Waals surface area contributed by atoms with E-state index in [-0.39, 0.29) is 0 Å². The molecule has 6 aromatic carbocycles. The molecule has 0 spiro atoms. The van der Waals surface area contributed by atoms with Crippen LogP contribution in [0, 0.1) is 0 Å². The summed E-state index contributed by atoms with van der Waals surface area (Å²) in [6.45, 7) is 0. The lowest BCUT2D eigenvalue weighted by molar-refractivity contribution is 1.33. The fourth-order valence-corrected chi connectivity index (χ4v) is 5.92. The molecule has 0 atom stereocenters. The highest BCUT2D eigenvalue weighted by molar-refractivity contribution is 6.27. The van der Waals surface area contributed by atoms with Crippen LogP contribution in [0.4, 0.5) is 0 Å². The molecule has 0 radical (unpaired) electrons. The molecule has 0 bridgehead atoms. The average Bonchev–Trinajstić information content (AvgIpc) is 3.00. The van der Waals surface area contributed by atoms with Gasteiger partial charge in [-0.1, -0.05) is 91.0 Å². The largest absolute Gasteiger partial charge is 0.264 e. The van der Waals surface area contributed by atoms with Crippen LogP contribution < -0.4 is 0 Å². The Hall–Kier alpha value is -5.08. The Morgan fingerprint density at radius 3 is 1.76 bits per heavy atom. The number of rotatable bonds is 3. The van der Waals surface area contributed by atoms with Gasteiger partial charge in [-0.2, -0.15) is 0 Å². The van der Waals surface area contributed by atoms with Crippen LogP contribution >= 0.6 is 0 Å². The molecule has 2 nitrogen and oxygen atoms in total. The number of fused-ring (bicyclic) bond motifs is 1. The van der Waals surface area contributed by atoms with Gasteiger partial charge in [0.05, 0.1) is 5.52 Å².